The van der Waals surface area contributed by atoms with E-state index < -0.39 is 0 Å². The smallest absolute Gasteiger partial charge is 0.227 e. The van der Waals surface area contributed by atoms with Crippen LogP contribution >= 0.6 is 0 Å². The summed E-state index contributed by atoms with van der Waals surface area (Å²) in [5.74, 6) is 2.39. The van der Waals surface area contributed by atoms with Gasteiger partial charge in [0.05, 0.1) is 5.41 Å². The third-order valence-electron chi connectivity index (χ3n) is 5.80. The Morgan fingerprint density at radius 3 is 3.04 bits per heavy atom. The molecule has 2 fully saturated rings. The van der Waals surface area contributed by atoms with Crippen LogP contribution in [0.5, 0.6) is 11.5 Å². The lowest BCUT2D eigenvalue weighted by atomic mass is 9.67. The molecular weight excluding hydrogens is 304 g/mol. The Morgan fingerprint density at radius 2 is 2.12 bits per heavy atom. The van der Waals surface area contributed by atoms with Gasteiger partial charge in [0.15, 0.2) is 11.5 Å². The molecule has 2 N–H and O–H groups in total. The zero-order chi connectivity index (χ0) is 16.4. The molecule has 0 unspecified atom stereocenters. The second kappa shape index (κ2) is 6.63. The second-order valence-electron chi connectivity index (χ2n) is 7.21. The van der Waals surface area contributed by atoms with Gasteiger partial charge in [-0.15, -0.1) is 0 Å². The lowest BCUT2D eigenvalue weighted by Gasteiger charge is -2.37. The monoisotopic (exact) mass is 330 g/mol. The largest absolute Gasteiger partial charge is 0.486 e. The zero-order valence-electron chi connectivity index (χ0n) is 14.1. The molecule has 24 heavy (non-hydrogen) atoms. The molecule has 2 heterocycles. The minimum absolute atomic E-state index is 0.162. The van der Waals surface area contributed by atoms with E-state index >= 15 is 0 Å². The van der Waals surface area contributed by atoms with E-state index in [9.17, 15) is 4.79 Å². The van der Waals surface area contributed by atoms with Crippen LogP contribution in [0.2, 0.25) is 0 Å². The summed E-state index contributed by atoms with van der Waals surface area (Å²) in [6.45, 7) is 3.72. The number of nitrogens with one attached hydrogen (secondary N) is 2. The molecule has 1 aromatic rings. The van der Waals surface area contributed by atoms with Crippen LogP contribution < -0.4 is 20.1 Å². The standard InChI is InChI=1S/C19H26N2O3/c22-18(19-7-2-1-3-15(19)12-20-13-19)21-8-6-14-4-5-16-17(11-14)24-10-9-23-16/h4-5,11,15,20H,1-3,6-10,12-13H2,(H,21,22)/t15-,19+/m0/s1. The fourth-order valence-corrected chi connectivity index (χ4v) is 4.43. The summed E-state index contributed by atoms with van der Waals surface area (Å²) in [5.41, 5.74) is 1.01. The average Bonchev–Trinajstić information content (AvgIpc) is 3.07. The van der Waals surface area contributed by atoms with Gasteiger partial charge < -0.3 is 20.1 Å². The molecule has 1 aliphatic carbocycles. The first kappa shape index (κ1) is 15.8. The highest BCUT2D eigenvalue weighted by atomic mass is 16.6. The van der Waals surface area contributed by atoms with Gasteiger partial charge in [0.2, 0.25) is 5.91 Å². The predicted molar refractivity (Wildman–Crippen MR) is 91.4 cm³/mol. The van der Waals surface area contributed by atoms with E-state index in [2.05, 4.69) is 16.7 Å². The highest BCUT2D eigenvalue weighted by Gasteiger charge is 2.49. The van der Waals surface area contributed by atoms with Crippen molar-refractivity contribution >= 4 is 5.91 Å². The zero-order valence-corrected chi connectivity index (χ0v) is 14.1. The molecule has 3 aliphatic rings. The predicted octanol–water partition coefficient (Wildman–Crippen LogP) is 1.90. The van der Waals surface area contributed by atoms with Gasteiger partial charge in [-0.25, -0.2) is 0 Å². The van der Waals surface area contributed by atoms with Crippen LogP contribution in [0.15, 0.2) is 18.2 Å². The molecule has 2 atom stereocenters. The first-order chi connectivity index (χ1) is 11.8. The maximum absolute atomic E-state index is 12.8. The molecule has 2 aliphatic heterocycles. The van der Waals surface area contributed by atoms with Gasteiger partial charge in [0.1, 0.15) is 13.2 Å². The maximum Gasteiger partial charge on any atom is 0.227 e. The molecule has 1 saturated carbocycles. The normalized spacial score (nSPS) is 28.2. The number of fused-ring (bicyclic) bond motifs is 2. The minimum atomic E-state index is -0.162. The summed E-state index contributed by atoms with van der Waals surface area (Å²) < 4.78 is 11.2. The van der Waals surface area contributed by atoms with Crippen LogP contribution in [0.1, 0.15) is 31.2 Å². The van der Waals surface area contributed by atoms with Gasteiger partial charge in [-0.1, -0.05) is 18.9 Å². The highest BCUT2D eigenvalue weighted by Crippen LogP contribution is 2.43. The van der Waals surface area contributed by atoms with Gasteiger partial charge >= 0.3 is 0 Å². The van der Waals surface area contributed by atoms with Crippen molar-refractivity contribution in [1.29, 1.82) is 0 Å². The molecule has 0 aromatic heterocycles. The van der Waals surface area contributed by atoms with Crippen molar-refractivity contribution in [2.45, 2.75) is 32.1 Å². The number of amides is 1. The number of carbonyl (C=O) groups is 1. The average molecular weight is 330 g/mol. The molecule has 5 nitrogen and oxygen atoms in total. The molecule has 1 saturated heterocycles. The third kappa shape index (κ3) is 2.86. The number of rotatable bonds is 4. The fourth-order valence-electron chi connectivity index (χ4n) is 4.43. The number of hydrogen-bond acceptors (Lipinski definition) is 4. The Bertz CT molecular complexity index is 619. The van der Waals surface area contributed by atoms with Crippen molar-refractivity contribution in [1.82, 2.24) is 10.6 Å². The lowest BCUT2D eigenvalue weighted by molar-refractivity contribution is -0.133. The second-order valence-corrected chi connectivity index (χ2v) is 7.21. The lowest BCUT2D eigenvalue weighted by Crippen LogP contribution is -2.48. The van der Waals surface area contributed by atoms with E-state index in [-0.39, 0.29) is 11.3 Å². The van der Waals surface area contributed by atoms with Crippen molar-refractivity contribution in [2.75, 3.05) is 32.8 Å². The van der Waals surface area contributed by atoms with Crippen molar-refractivity contribution in [3.8, 4) is 11.5 Å². The summed E-state index contributed by atoms with van der Waals surface area (Å²) in [4.78, 5) is 12.8. The summed E-state index contributed by atoms with van der Waals surface area (Å²) in [6.07, 6.45) is 5.46. The van der Waals surface area contributed by atoms with Crippen LogP contribution in [0.25, 0.3) is 0 Å². The van der Waals surface area contributed by atoms with Crippen molar-refractivity contribution < 1.29 is 14.3 Å². The topological polar surface area (TPSA) is 59.6 Å². The summed E-state index contributed by atoms with van der Waals surface area (Å²) in [6, 6.07) is 6.04. The maximum atomic E-state index is 12.8. The van der Waals surface area contributed by atoms with E-state index in [0.29, 0.717) is 25.7 Å². The Hall–Kier alpha value is -1.75. The first-order valence-corrected chi connectivity index (χ1v) is 9.15. The van der Waals surface area contributed by atoms with Gasteiger partial charge in [-0.3, -0.25) is 4.79 Å². The molecule has 0 bridgehead atoms. The Labute approximate surface area is 143 Å². The number of ether oxygens (including phenoxy) is 2. The molecule has 5 heteroatoms. The van der Waals surface area contributed by atoms with Crippen molar-refractivity contribution in [3.63, 3.8) is 0 Å². The van der Waals surface area contributed by atoms with E-state index in [4.69, 9.17) is 9.47 Å². The summed E-state index contributed by atoms with van der Waals surface area (Å²) >= 11 is 0. The quantitative estimate of drug-likeness (QED) is 0.885. The Kier molecular flexibility index (Phi) is 4.35. The molecular formula is C19H26N2O3. The Balaban J connectivity index is 1.34. The number of hydrogen-bond donors (Lipinski definition) is 2. The Morgan fingerprint density at radius 1 is 1.25 bits per heavy atom. The number of benzene rings is 1. The van der Waals surface area contributed by atoms with E-state index in [1.807, 2.05) is 12.1 Å². The minimum Gasteiger partial charge on any atom is -0.486 e. The van der Waals surface area contributed by atoms with Crippen LogP contribution in [0.4, 0.5) is 0 Å². The van der Waals surface area contributed by atoms with E-state index in [1.165, 1.54) is 24.8 Å². The van der Waals surface area contributed by atoms with Crippen LogP contribution in [0, 0.1) is 11.3 Å². The first-order valence-electron chi connectivity index (χ1n) is 9.15. The van der Waals surface area contributed by atoms with Crippen LogP contribution in [-0.4, -0.2) is 38.8 Å². The van der Waals surface area contributed by atoms with Gasteiger partial charge in [-0.05, 0) is 49.4 Å². The van der Waals surface area contributed by atoms with E-state index in [0.717, 1.165) is 37.4 Å². The molecule has 0 spiro atoms. The molecule has 130 valence electrons. The number of carbonyl (C=O) groups excluding carboxylic acids is 1. The van der Waals surface area contributed by atoms with Crippen molar-refractivity contribution in [3.05, 3.63) is 23.8 Å². The van der Waals surface area contributed by atoms with Crippen molar-refractivity contribution in [2.24, 2.45) is 11.3 Å². The summed E-state index contributed by atoms with van der Waals surface area (Å²) in [7, 11) is 0. The molecule has 4 rings (SSSR count). The highest BCUT2D eigenvalue weighted by molar-refractivity contribution is 5.83. The SMILES string of the molecule is O=C(NCCc1ccc2c(c1)OCCO2)[C@@]12CCCC[C@H]1CNC2. The molecule has 1 amide bonds. The third-order valence-corrected chi connectivity index (χ3v) is 5.80. The van der Waals surface area contributed by atoms with E-state index in [1.54, 1.807) is 0 Å². The molecule has 0 radical (unpaired) electrons. The van der Waals surface area contributed by atoms with Crippen LogP contribution in [-0.2, 0) is 11.2 Å². The fraction of sp³-hybridized carbons (Fsp3) is 0.632. The summed E-state index contributed by atoms with van der Waals surface area (Å²) in [5, 5.41) is 6.63. The van der Waals surface area contributed by atoms with Gasteiger partial charge in [0, 0.05) is 13.1 Å². The van der Waals surface area contributed by atoms with Crippen LogP contribution in [0.3, 0.4) is 0 Å². The van der Waals surface area contributed by atoms with Gasteiger partial charge in [-0.2, -0.15) is 0 Å². The molecule has 1 aromatic carbocycles. The van der Waals surface area contributed by atoms with Gasteiger partial charge in [0.25, 0.3) is 0 Å².